The number of aliphatic hydroxyl groups excluding tert-OH is 1. The predicted molar refractivity (Wildman–Crippen MR) is 43.1 cm³/mol. The summed E-state index contributed by atoms with van der Waals surface area (Å²) in [5.74, 6) is 0. The summed E-state index contributed by atoms with van der Waals surface area (Å²) in [6.45, 7) is 5.25. The van der Waals surface area contributed by atoms with Crippen molar-refractivity contribution in [1.29, 1.82) is 0 Å². The van der Waals surface area contributed by atoms with Gasteiger partial charge in [0.1, 0.15) is 0 Å². The Kier molecular flexibility index (Phi) is 2.45. The number of rotatable bonds is 2. The van der Waals surface area contributed by atoms with Gasteiger partial charge in [-0.15, -0.1) is 0 Å². The van der Waals surface area contributed by atoms with E-state index in [1.165, 1.54) is 0 Å². The molecule has 0 spiro atoms. The molecule has 0 aromatic carbocycles. The van der Waals surface area contributed by atoms with E-state index in [9.17, 15) is 9.50 Å². The summed E-state index contributed by atoms with van der Waals surface area (Å²) in [6, 6.07) is 0. The van der Waals surface area contributed by atoms with E-state index < -0.39 is 6.10 Å². The van der Waals surface area contributed by atoms with Crippen molar-refractivity contribution in [2.75, 3.05) is 6.67 Å². The zero-order valence-corrected chi connectivity index (χ0v) is 6.73. The Hall–Kier alpha value is -0.630. The van der Waals surface area contributed by atoms with Gasteiger partial charge in [0.05, 0.1) is 12.8 Å². The molecule has 1 aliphatic carbocycles. The van der Waals surface area contributed by atoms with Crippen LogP contribution in [0.4, 0.5) is 4.39 Å². The van der Waals surface area contributed by atoms with E-state index in [-0.39, 0.29) is 6.67 Å². The lowest BCUT2D eigenvalue weighted by molar-refractivity contribution is 0.219. The summed E-state index contributed by atoms with van der Waals surface area (Å²) >= 11 is 0. The number of aliphatic hydroxyl groups is 1. The minimum Gasteiger partial charge on any atom is -0.388 e. The van der Waals surface area contributed by atoms with Gasteiger partial charge in [-0.1, -0.05) is 6.58 Å². The largest absolute Gasteiger partial charge is 0.388 e. The van der Waals surface area contributed by atoms with Crippen LogP contribution in [-0.4, -0.2) is 17.9 Å². The summed E-state index contributed by atoms with van der Waals surface area (Å²) in [4.78, 5) is 0. The standard InChI is InChI=1S/C9H13FO/c1-6-5-9(11)7(2)8(6)3-4-10/h9,11H,1,3-5H2,2H3. The highest BCUT2D eigenvalue weighted by Gasteiger charge is 2.22. The molecule has 1 N–H and O–H groups in total. The average Bonchev–Trinajstić information content (AvgIpc) is 2.17. The van der Waals surface area contributed by atoms with E-state index in [2.05, 4.69) is 6.58 Å². The Bertz CT molecular complexity index is 206. The Balaban J connectivity index is 2.79. The first kappa shape index (κ1) is 8.47. The Morgan fingerprint density at radius 2 is 2.36 bits per heavy atom. The third-order valence-corrected chi connectivity index (χ3v) is 2.19. The van der Waals surface area contributed by atoms with E-state index in [1.807, 2.05) is 6.92 Å². The molecule has 0 amide bonds. The van der Waals surface area contributed by atoms with E-state index in [0.29, 0.717) is 12.8 Å². The zero-order chi connectivity index (χ0) is 8.43. The van der Waals surface area contributed by atoms with Crippen LogP contribution in [-0.2, 0) is 0 Å². The van der Waals surface area contributed by atoms with Gasteiger partial charge in [-0.05, 0) is 23.6 Å². The third-order valence-electron chi connectivity index (χ3n) is 2.19. The second kappa shape index (κ2) is 3.18. The number of allylic oxidation sites excluding steroid dienone is 1. The SMILES string of the molecule is C=C1CC(O)C(C)=C1CCF. The van der Waals surface area contributed by atoms with Gasteiger partial charge in [0.2, 0.25) is 0 Å². The minimum atomic E-state index is -0.413. The molecule has 62 valence electrons. The van der Waals surface area contributed by atoms with Crippen molar-refractivity contribution < 1.29 is 9.50 Å². The van der Waals surface area contributed by atoms with E-state index in [1.54, 1.807) is 0 Å². The van der Waals surface area contributed by atoms with Crippen LogP contribution in [0.5, 0.6) is 0 Å². The maximum Gasteiger partial charge on any atom is 0.0934 e. The first-order valence-corrected chi connectivity index (χ1v) is 3.78. The van der Waals surface area contributed by atoms with Gasteiger partial charge in [0, 0.05) is 12.8 Å². The molecule has 1 atom stereocenters. The van der Waals surface area contributed by atoms with E-state index in [0.717, 1.165) is 16.7 Å². The Labute approximate surface area is 66.2 Å². The number of alkyl halides is 1. The van der Waals surface area contributed by atoms with Crippen molar-refractivity contribution in [2.24, 2.45) is 0 Å². The van der Waals surface area contributed by atoms with Crippen LogP contribution in [0.1, 0.15) is 19.8 Å². The maximum absolute atomic E-state index is 12.0. The number of halogens is 1. The van der Waals surface area contributed by atoms with Crippen LogP contribution in [0.2, 0.25) is 0 Å². The summed E-state index contributed by atoms with van der Waals surface area (Å²) < 4.78 is 12.0. The number of hydrogen-bond donors (Lipinski definition) is 1. The van der Waals surface area contributed by atoms with Crippen LogP contribution in [0.15, 0.2) is 23.3 Å². The predicted octanol–water partition coefficient (Wildman–Crippen LogP) is 1.98. The minimum absolute atomic E-state index is 0.363. The van der Waals surface area contributed by atoms with Gasteiger partial charge in [-0.25, -0.2) is 0 Å². The molecule has 0 saturated carbocycles. The fraction of sp³-hybridized carbons (Fsp3) is 0.556. The monoisotopic (exact) mass is 156 g/mol. The fourth-order valence-corrected chi connectivity index (χ4v) is 1.46. The highest BCUT2D eigenvalue weighted by atomic mass is 19.1. The van der Waals surface area contributed by atoms with Crippen molar-refractivity contribution in [3.05, 3.63) is 23.3 Å². The summed E-state index contributed by atoms with van der Waals surface area (Å²) in [5, 5.41) is 9.32. The van der Waals surface area contributed by atoms with Gasteiger partial charge in [-0.3, -0.25) is 4.39 Å². The van der Waals surface area contributed by atoms with Gasteiger partial charge in [-0.2, -0.15) is 0 Å². The van der Waals surface area contributed by atoms with Crippen LogP contribution in [0.3, 0.4) is 0 Å². The molecule has 0 fully saturated rings. The summed E-state index contributed by atoms with van der Waals surface area (Å²) in [7, 11) is 0. The second-order valence-corrected chi connectivity index (χ2v) is 2.92. The molecule has 2 heteroatoms. The molecular formula is C9H13FO. The molecule has 0 aliphatic heterocycles. The molecule has 1 rings (SSSR count). The quantitative estimate of drug-likeness (QED) is 0.648. The molecule has 0 bridgehead atoms. The van der Waals surface area contributed by atoms with E-state index in [4.69, 9.17) is 0 Å². The van der Waals surface area contributed by atoms with Crippen LogP contribution in [0, 0.1) is 0 Å². The van der Waals surface area contributed by atoms with Crippen molar-refractivity contribution >= 4 is 0 Å². The lowest BCUT2D eigenvalue weighted by atomic mass is 10.1. The number of hydrogen-bond acceptors (Lipinski definition) is 1. The Morgan fingerprint density at radius 1 is 1.73 bits per heavy atom. The topological polar surface area (TPSA) is 20.2 Å². The molecule has 0 aromatic rings. The lowest BCUT2D eigenvalue weighted by Gasteiger charge is -2.01. The molecule has 1 unspecified atom stereocenters. The van der Waals surface area contributed by atoms with E-state index >= 15 is 0 Å². The summed E-state index contributed by atoms with van der Waals surface area (Å²) in [5.41, 5.74) is 2.72. The van der Waals surface area contributed by atoms with Crippen LogP contribution < -0.4 is 0 Å². The lowest BCUT2D eigenvalue weighted by Crippen LogP contribution is -2.01. The molecule has 0 heterocycles. The van der Waals surface area contributed by atoms with Gasteiger partial charge in [0.25, 0.3) is 0 Å². The first-order valence-electron chi connectivity index (χ1n) is 3.78. The van der Waals surface area contributed by atoms with Crippen LogP contribution >= 0.6 is 0 Å². The normalized spacial score (nSPS) is 25.0. The molecular weight excluding hydrogens is 143 g/mol. The highest BCUT2D eigenvalue weighted by Crippen LogP contribution is 2.32. The average molecular weight is 156 g/mol. The third kappa shape index (κ3) is 1.51. The molecule has 1 aliphatic rings. The summed E-state index contributed by atoms with van der Waals surface area (Å²) in [6.07, 6.45) is 0.576. The smallest absolute Gasteiger partial charge is 0.0934 e. The van der Waals surface area contributed by atoms with Crippen molar-refractivity contribution in [2.45, 2.75) is 25.9 Å². The molecule has 1 nitrogen and oxygen atoms in total. The second-order valence-electron chi connectivity index (χ2n) is 2.92. The molecule has 0 aromatic heterocycles. The molecule has 11 heavy (non-hydrogen) atoms. The van der Waals surface area contributed by atoms with Crippen molar-refractivity contribution in [3.63, 3.8) is 0 Å². The van der Waals surface area contributed by atoms with Gasteiger partial charge >= 0.3 is 0 Å². The molecule has 0 radical (unpaired) electrons. The first-order chi connectivity index (χ1) is 5.16. The van der Waals surface area contributed by atoms with Gasteiger partial charge in [0.15, 0.2) is 0 Å². The highest BCUT2D eigenvalue weighted by molar-refractivity contribution is 5.41. The molecule has 0 saturated heterocycles. The van der Waals surface area contributed by atoms with Crippen molar-refractivity contribution in [1.82, 2.24) is 0 Å². The Morgan fingerprint density at radius 3 is 2.73 bits per heavy atom. The van der Waals surface area contributed by atoms with Crippen LogP contribution in [0.25, 0.3) is 0 Å². The fourth-order valence-electron chi connectivity index (χ4n) is 1.46. The zero-order valence-electron chi connectivity index (χ0n) is 6.73. The van der Waals surface area contributed by atoms with Gasteiger partial charge < -0.3 is 5.11 Å². The maximum atomic E-state index is 12.0. The van der Waals surface area contributed by atoms with Crippen molar-refractivity contribution in [3.8, 4) is 0 Å².